The van der Waals surface area contributed by atoms with Crippen LogP contribution in [-0.2, 0) is 13.0 Å². The van der Waals surface area contributed by atoms with Crippen molar-refractivity contribution in [1.82, 2.24) is 10.1 Å². The molecule has 0 saturated heterocycles. The minimum absolute atomic E-state index is 0.236. The van der Waals surface area contributed by atoms with Gasteiger partial charge in [0.1, 0.15) is 5.75 Å². The largest absolute Gasteiger partial charge is 0.483 e. The van der Waals surface area contributed by atoms with Gasteiger partial charge in [0.05, 0.1) is 0 Å². The first-order chi connectivity index (χ1) is 8.69. The number of aromatic nitrogens is 2. The van der Waals surface area contributed by atoms with Crippen LogP contribution in [0.15, 0.2) is 22.7 Å². The Hall–Kier alpha value is -1.59. The number of benzene rings is 1. The molecule has 0 atom stereocenters. The molecule has 0 unspecified atom stereocenters. The number of hydrogen-bond acceptors (Lipinski definition) is 5. The lowest BCUT2D eigenvalue weighted by atomic mass is 10.1. The van der Waals surface area contributed by atoms with E-state index in [1.54, 1.807) is 13.0 Å². The summed E-state index contributed by atoms with van der Waals surface area (Å²) in [5.74, 6) is 1.77. The molecule has 2 aromatic rings. The molecule has 2 N–H and O–H groups in total. The fourth-order valence-corrected chi connectivity index (χ4v) is 1.77. The summed E-state index contributed by atoms with van der Waals surface area (Å²) >= 11 is 5.94. The summed E-state index contributed by atoms with van der Waals surface area (Å²) in [6, 6.07) is 5.44. The van der Waals surface area contributed by atoms with Gasteiger partial charge < -0.3 is 15.0 Å². The summed E-state index contributed by atoms with van der Waals surface area (Å²) in [6.07, 6.45) is 0.707. The van der Waals surface area contributed by atoms with Crippen molar-refractivity contribution in [1.29, 1.82) is 0 Å². The minimum Gasteiger partial charge on any atom is -0.483 e. The van der Waals surface area contributed by atoms with Crippen LogP contribution in [0.2, 0.25) is 5.02 Å². The molecular formula is C12H14ClN3O2. The summed E-state index contributed by atoms with van der Waals surface area (Å²) in [4.78, 5) is 4.07. The van der Waals surface area contributed by atoms with Gasteiger partial charge in [-0.25, -0.2) is 0 Å². The summed E-state index contributed by atoms with van der Waals surface area (Å²) in [7, 11) is 0. The molecule has 0 fully saturated rings. The first-order valence-corrected chi connectivity index (χ1v) is 5.97. The van der Waals surface area contributed by atoms with E-state index in [0.717, 1.165) is 11.3 Å². The molecule has 0 saturated carbocycles. The molecule has 0 aliphatic heterocycles. The molecule has 5 nitrogen and oxygen atoms in total. The van der Waals surface area contributed by atoms with Crippen LogP contribution in [-0.4, -0.2) is 16.7 Å². The molecule has 1 aromatic carbocycles. The van der Waals surface area contributed by atoms with Crippen molar-refractivity contribution in [3.63, 3.8) is 0 Å². The van der Waals surface area contributed by atoms with E-state index in [9.17, 15) is 0 Å². The van der Waals surface area contributed by atoms with E-state index in [1.165, 1.54) is 0 Å². The minimum atomic E-state index is 0.236. The lowest BCUT2D eigenvalue weighted by Crippen LogP contribution is -2.05. The Balaban J connectivity index is 2.08. The van der Waals surface area contributed by atoms with E-state index in [-0.39, 0.29) is 6.61 Å². The zero-order valence-corrected chi connectivity index (χ0v) is 10.8. The van der Waals surface area contributed by atoms with Gasteiger partial charge in [0.25, 0.3) is 5.89 Å². The molecular weight excluding hydrogens is 254 g/mol. The van der Waals surface area contributed by atoms with Crippen molar-refractivity contribution in [2.24, 2.45) is 5.73 Å². The topological polar surface area (TPSA) is 74.2 Å². The highest BCUT2D eigenvalue weighted by molar-refractivity contribution is 6.30. The van der Waals surface area contributed by atoms with E-state index in [1.807, 2.05) is 12.1 Å². The normalized spacial score (nSPS) is 10.6. The van der Waals surface area contributed by atoms with E-state index in [2.05, 4.69) is 10.1 Å². The van der Waals surface area contributed by atoms with Crippen LogP contribution in [0, 0.1) is 6.92 Å². The quantitative estimate of drug-likeness (QED) is 0.898. The third-order valence-electron chi connectivity index (χ3n) is 2.36. The molecule has 2 rings (SSSR count). The van der Waals surface area contributed by atoms with Gasteiger partial charge in [0.2, 0.25) is 0 Å². The smallest absolute Gasteiger partial charge is 0.264 e. The highest BCUT2D eigenvalue weighted by atomic mass is 35.5. The maximum atomic E-state index is 5.94. The van der Waals surface area contributed by atoms with Crippen LogP contribution in [0.3, 0.4) is 0 Å². The second-order valence-corrected chi connectivity index (χ2v) is 4.25. The van der Waals surface area contributed by atoms with Crippen LogP contribution in [0.1, 0.15) is 17.3 Å². The SMILES string of the molecule is Cc1noc(COc2ccc(Cl)cc2CCN)n1. The number of nitrogens with zero attached hydrogens (tertiary/aromatic N) is 2. The van der Waals surface area contributed by atoms with E-state index >= 15 is 0 Å². The summed E-state index contributed by atoms with van der Waals surface area (Å²) < 4.78 is 10.6. The molecule has 1 aromatic heterocycles. The van der Waals surface area contributed by atoms with E-state index < -0.39 is 0 Å². The molecule has 0 amide bonds. The molecule has 6 heteroatoms. The van der Waals surface area contributed by atoms with Gasteiger partial charge in [-0.2, -0.15) is 4.98 Å². The van der Waals surface area contributed by atoms with Crippen LogP contribution in [0.5, 0.6) is 5.75 Å². The van der Waals surface area contributed by atoms with E-state index in [0.29, 0.717) is 29.7 Å². The van der Waals surface area contributed by atoms with Crippen LogP contribution < -0.4 is 10.5 Å². The maximum Gasteiger partial charge on any atom is 0.264 e. The van der Waals surface area contributed by atoms with Crippen molar-refractivity contribution < 1.29 is 9.26 Å². The second kappa shape index (κ2) is 5.84. The van der Waals surface area contributed by atoms with Gasteiger partial charge in [-0.1, -0.05) is 16.8 Å². The van der Waals surface area contributed by atoms with Gasteiger partial charge in [-0.3, -0.25) is 0 Å². The van der Waals surface area contributed by atoms with Crippen molar-refractivity contribution in [3.8, 4) is 5.75 Å². The summed E-state index contributed by atoms with van der Waals surface area (Å²) in [6.45, 7) is 2.53. The lowest BCUT2D eigenvalue weighted by Gasteiger charge is -2.09. The number of hydrogen-bond donors (Lipinski definition) is 1. The average molecular weight is 268 g/mol. The molecule has 96 valence electrons. The summed E-state index contributed by atoms with van der Waals surface area (Å²) in [5, 5.41) is 4.36. The molecule has 0 spiro atoms. The predicted octanol–water partition coefficient (Wildman–Crippen LogP) is 2.11. The molecule has 0 radical (unpaired) electrons. The number of nitrogens with two attached hydrogens (primary N) is 1. The van der Waals surface area contributed by atoms with Crippen molar-refractivity contribution in [2.75, 3.05) is 6.54 Å². The number of rotatable bonds is 5. The first kappa shape index (κ1) is 12.9. The molecule has 1 heterocycles. The van der Waals surface area contributed by atoms with Crippen LogP contribution >= 0.6 is 11.6 Å². The second-order valence-electron chi connectivity index (χ2n) is 3.81. The average Bonchev–Trinajstić information content (AvgIpc) is 2.75. The fourth-order valence-electron chi connectivity index (χ4n) is 1.58. The maximum absolute atomic E-state index is 5.94. The Labute approximate surface area is 110 Å². The van der Waals surface area contributed by atoms with Crippen molar-refractivity contribution in [3.05, 3.63) is 40.5 Å². The van der Waals surface area contributed by atoms with Gasteiger partial charge in [0.15, 0.2) is 12.4 Å². The molecule has 0 bridgehead atoms. The molecule has 18 heavy (non-hydrogen) atoms. The number of ether oxygens (including phenoxy) is 1. The Bertz CT molecular complexity index is 528. The van der Waals surface area contributed by atoms with Gasteiger partial charge in [-0.05, 0) is 43.7 Å². The lowest BCUT2D eigenvalue weighted by molar-refractivity contribution is 0.241. The fraction of sp³-hybridized carbons (Fsp3) is 0.333. The number of halogens is 1. The highest BCUT2D eigenvalue weighted by Crippen LogP contribution is 2.24. The Morgan fingerprint density at radius 1 is 1.44 bits per heavy atom. The zero-order valence-electron chi connectivity index (χ0n) is 10.0. The Morgan fingerprint density at radius 3 is 2.94 bits per heavy atom. The van der Waals surface area contributed by atoms with E-state index in [4.69, 9.17) is 26.6 Å². The number of aryl methyl sites for hydroxylation is 1. The summed E-state index contributed by atoms with van der Waals surface area (Å²) in [5.41, 5.74) is 6.52. The van der Waals surface area contributed by atoms with Crippen LogP contribution in [0.25, 0.3) is 0 Å². The third kappa shape index (κ3) is 3.21. The first-order valence-electron chi connectivity index (χ1n) is 5.59. The van der Waals surface area contributed by atoms with Gasteiger partial charge in [-0.15, -0.1) is 0 Å². The van der Waals surface area contributed by atoms with Gasteiger partial charge in [0, 0.05) is 5.02 Å². The standard InChI is InChI=1S/C12H14ClN3O2/c1-8-15-12(18-16-8)7-17-11-3-2-10(13)6-9(11)4-5-14/h2-3,6H,4-5,7,14H2,1H3. The predicted molar refractivity (Wildman–Crippen MR) is 67.6 cm³/mol. The highest BCUT2D eigenvalue weighted by Gasteiger charge is 2.07. The Kier molecular flexibility index (Phi) is 4.17. The van der Waals surface area contributed by atoms with Gasteiger partial charge >= 0.3 is 0 Å². The Morgan fingerprint density at radius 2 is 2.28 bits per heavy atom. The van der Waals surface area contributed by atoms with Crippen molar-refractivity contribution in [2.45, 2.75) is 20.0 Å². The molecule has 0 aliphatic carbocycles. The third-order valence-corrected chi connectivity index (χ3v) is 2.59. The molecule has 0 aliphatic rings. The van der Waals surface area contributed by atoms with Crippen molar-refractivity contribution >= 4 is 11.6 Å². The zero-order chi connectivity index (χ0) is 13.0. The van der Waals surface area contributed by atoms with Crippen LogP contribution in [0.4, 0.5) is 0 Å². The monoisotopic (exact) mass is 267 g/mol.